The Bertz CT molecular complexity index is 651. The van der Waals surface area contributed by atoms with Crippen LogP contribution in [0.1, 0.15) is 17.4 Å². The molecule has 2 rings (SSSR count). The Morgan fingerprint density at radius 2 is 2.21 bits per heavy atom. The summed E-state index contributed by atoms with van der Waals surface area (Å²) in [4.78, 5) is 23.9. The maximum atomic E-state index is 12.1. The third-order valence-electron chi connectivity index (χ3n) is 2.81. The molecule has 100 valence electrons. The summed E-state index contributed by atoms with van der Waals surface area (Å²) in [6.07, 6.45) is 0. The zero-order chi connectivity index (χ0) is 13.8. The number of fused-ring (bicyclic) bond motifs is 1. The number of para-hydroxylation sites is 1. The number of aromatic nitrogens is 2. The van der Waals surface area contributed by atoms with E-state index in [2.05, 4.69) is 15.5 Å². The monoisotopic (exact) mass is 261 g/mol. The van der Waals surface area contributed by atoms with E-state index in [-0.39, 0.29) is 18.2 Å². The van der Waals surface area contributed by atoms with Gasteiger partial charge in [-0.25, -0.2) is 0 Å². The van der Waals surface area contributed by atoms with Crippen molar-refractivity contribution in [1.29, 1.82) is 0 Å². The minimum atomic E-state index is -0.535. The van der Waals surface area contributed by atoms with Crippen LogP contribution in [-0.2, 0) is 0 Å². The Labute approximate surface area is 109 Å². The van der Waals surface area contributed by atoms with Crippen molar-refractivity contribution in [1.82, 2.24) is 15.5 Å². The molecular formula is C13H15N3O3. The van der Waals surface area contributed by atoms with E-state index in [4.69, 9.17) is 5.11 Å². The number of aromatic amines is 1. The lowest BCUT2D eigenvalue weighted by molar-refractivity contribution is 0.0935. The molecule has 0 aliphatic rings. The van der Waals surface area contributed by atoms with Crippen LogP contribution in [0.3, 0.4) is 0 Å². The molecule has 6 nitrogen and oxygen atoms in total. The van der Waals surface area contributed by atoms with Crippen molar-refractivity contribution in [3.63, 3.8) is 0 Å². The number of carbonyl (C=O) groups is 1. The summed E-state index contributed by atoms with van der Waals surface area (Å²) in [5.74, 6) is -0.601. The highest BCUT2D eigenvalue weighted by molar-refractivity contribution is 5.95. The maximum Gasteiger partial charge on any atom is 0.275 e. The summed E-state index contributed by atoms with van der Waals surface area (Å²) >= 11 is 0. The minimum absolute atomic E-state index is 0.0260. The first kappa shape index (κ1) is 13.2. The molecule has 1 atom stereocenters. The molecule has 1 unspecified atom stereocenters. The molecule has 19 heavy (non-hydrogen) atoms. The molecule has 1 aromatic heterocycles. The van der Waals surface area contributed by atoms with Crippen LogP contribution in [0.5, 0.6) is 0 Å². The number of nitrogens with zero attached hydrogens (tertiary/aromatic N) is 1. The number of aliphatic hydroxyl groups is 1. The zero-order valence-corrected chi connectivity index (χ0v) is 10.5. The van der Waals surface area contributed by atoms with Crippen molar-refractivity contribution in [3.05, 3.63) is 40.2 Å². The highest BCUT2D eigenvalue weighted by Gasteiger charge is 2.15. The van der Waals surface area contributed by atoms with Crippen molar-refractivity contribution in [2.75, 3.05) is 13.2 Å². The number of amides is 1. The summed E-state index contributed by atoms with van der Waals surface area (Å²) in [5, 5.41) is 18.4. The first-order valence-electron chi connectivity index (χ1n) is 6.00. The summed E-state index contributed by atoms with van der Waals surface area (Å²) in [5.41, 5.74) is 0.0279. The second-order valence-electron chi connectivity index (χ2n) is 4.44. The Balaban J connectivity index is 2.28. The molecule has 1 heterocycles. The minimum Gasteiger partial charge on any atom is -0.396 e. The van der Waals surface area contributed by atoms with Crippen molar-refractivity contribution in [3.8, 4) is 0 Å². The first-order valence-corrected chi connectivity index (χ1v) is 6.00. The zero-order valence-electron chi connectivity index (χ0n) is 10.5. The number of rotatable bonds is 4. The summed E-state index contributed by atoms with van der Waals surface area (Å²) < 4.78 is 0. The van der Waals surface area contributed by atoms with Crippen LogP contribution in [0.15, 0.2) is 29.1 Å². The highest BCUT2D eigenvalue weighted by atomic mass is 16.3. The van der Waals surface area contributed by atoms with E-state index in [9.17, 15) is 9.59 Å². The molecule has 0 aliphatic carbocycles. The van der Waals surface area contributed by atoms with Gasteiger partial charge < -0.3 is 10.4 Å². The predicted molar refractivity (Wildman–Crippen MR) is 70.9 cm³/mol. The van der Waals surface area contributed by atoms with Gasteiger partial charge in [0.25, 0.3) is 5.91 Å². The van der Waals surface area contributed by atoms with Gasteiger partial charge in [0.1, 0.15) is 0 Å². The quantitative estimate of drug-likeness (QED) is 0.736. The predicted octanol–water partition coefficient (Wildman–Crippen LogP) is 0.281. The van der Waals surface area contributed by atoms with Crippen LogP contribution >= 0.6 is 0 Å². The standard InChI is InChI=1S/C13H15N3O3/c1-8(7-17)6-14-13(19)11-12(18)9-4-2-3-5-10(9)15-16-11/h2-5,8,17H,6-7H2,1H3,(H,14,19)(H,15,18). The van der Waals surface area contributed by atoms with Gasteiger partial charge in [-0.3, -0.25) is 14.7 Å². The molecular weight excluding hydrogens is 246 g/mol. The maximum absolute atomic E-state index is 12.1. The molecule has 0 spiro atoms. The topological polar surface area (TPSA) is 95.1 Å². The highest BCUT2D eigenvalue weighted by Crippen LogP contribution is 2.05. The number of hydrogen-bond donors (Lipinski definition) is 3. The summed E-state index contributed by atoms with van der Waals surface area (Å²) in [7, 11) is 0. The van der Waals surface area contributed by atoms with Crippen LogP contribution in [0.4, 0.5) is 0 Å². The second kappa shape index (κ2) is 5.62. The second-order valence-corrected chi connectivity index (χ2v) is 4.44. The molecule has 0 saturated carbocycles. The SMILES string of the molecule is CC(CO)CNC(=O)c1n[nH]c2ccccc2c1=O. The Morgan fingerprint density at radius 1 is 1.47 bits per heavy atom. The van der Waals surface area contributed by atoms with Crippen LogP contribution in [0, 0.1) is 5.92 Å². The smallest absolute Gasteiger partial charge is 0.275 e. The van der Waals surface area contributed by atoms with Crippen LogP contribution in [-0.4, -0.2) is 34.4 Å². The van der Waals surface area contributed by atoms with E-state index in [0.717, 1.165) is 0 Å². The first-order chi connectivity index (χ1) is 9.13. The van der Waals surface area contributed by atoms with Gasteiger partial charge >= 0.3 is 0 Å². The number of hydrogen-bond acceptors (Lipinski definition) is 4. The molecule has 2 aromatic rings. The normalized spacial score (nSPS) is 12.3. The lowest BCUT2D eigenvalue weighted by Gasteiger charge is -2.09. The van der Waals surface area contributed by atoms with Crippen LogP contribution in [0.25, 0.3) is 10.9 Å². The van der Waals surface area contributed by atoms with Gasteiger partial charge in [0.15, 0.2) is 5.69 Å². The molecule has 1 amide bonds. The molecule has 0 saturated heterocycles. The van der Waals surface area contributed by atoms with Crippen LogP contribution in [0.2, 0.25) is 0 Å². The number of benzene rings is 1. The molecule has 6 heteroatoms. The lowest BCUT2D eigenvalue weighted by Crippen LogP contribution is -2.34. The van der Waals surface area contributed by atoms with E-state index < -0.39 is 11.3 Å². The van der Waals surface area contributed by atoms with Gasteiger partial charge in [0.2, 0.25) is 5.43 Å². The average Bonchev–Trinajstić information content (AvgIpc) is 2.45. The third kappa shape index (κ3) is 2.79. The fourth-order valence-corrected chi connectivity index (χ4v) is 1.64. The molecule has 3 N–H and O–H groups in total. The molecule has 0 fully saturated rings. The Morgan fingerprint density at radius 3 is 2.95 bits per heavy atom. The van der Waals surface area contributed by atoms with Gasteiger partial charge in [-0.1, -0.05) is 19.1 Å². The Kier molecular flexibility index (Phi) is 3.91. The van der Waals surface area contributed by atoms with Crippen molar-refractivity contribution < 1.29 is 9.90 Å². The van der Waals surface area contributed by atoms with E-state index in [1.165, 1.54) is 0 Å². The largest absolute Gasteiger partial charge is 0.396 e. The number of H-pyrrole nitrogens is 1. The van der Waals surface area contributed by atoms with Gasteiger partial charge in [-0.15, -0.1) is 0 Å². The average molecular weight is 261 g/mol. The molecule has 0 bridgehead atoms. The van der Waals surface area contributed by atoms with Gasteiger partial charge in [0, 0.05) is 18.5 Å². The third-order valence-corrected chi connectivity index (χ3v) is 2.81. The summed E-state index contributed by atoms with van der Waals surface area (Å²) in [6, 6.07) is 6.87. The Hall–Kier alpha value is -2.21. The molecule has 0 radical (unpaired) electrons. The van der Waals surface area contributed by atoms with Crippen LogP contribution < -0.4 is 10.7 Å². The van der Waals surface area contributed by atoms with Gasteiger partial charge in [-0.05, 0) is 18.1 Å². The molecule has 0 aliphatic heterocycles. The fourth-order valence-electron chi connectivity index (χ4n) is 1.64. The van der Waals surface area contributed by atoms with Gasteiger partial charge in [0.05, 0.1) is 5.52 Å². The van der Waals surface area contributed by atoms with E-state index in [0.29, 0.717) is 17.4 Å². The number of carbonyl (C=O) groups excluding carboxylic acids is 1. The lowest BCUT2D eigenvalue weighted by atomic mass is 10.2. The van der Waals surface area contributed by atoms with Crippen molar-refractivity contribution in [2.24, 2.45) is 5.92 Å². The van der Waals surface area contributed by atoms with E-state index in [1.807, 2.05) is 0 Å². The van der Waals surface area contributed by atoms with E-state index >= 15 is 0 Å². The fraction of sp³-hybridized carbons (Fsp3) is 0.308. The number of aliphatic hydroxyl groups excluding tert-OH is 1. The van der Waals surface area contributed by atoms with Gasteiger partial charge in [-0.2, -0.15) is 5.10 Å². The van der Waals surface area contributed by atoms with E-state index in [1.54, 1.807) is 31.2 Å². The number of nitrogens with one attached hydrogen (secondary N) is 2. The van der Waals surface area contributed by atoms with Crippen molar-refractivity contribution >= 4 is 16.8 Å². The van der Waals surface area contributed by atoms with Crippen molar-refractivity contribution in [2.45, 2.75) is 6.92 Å². The molecule has 1 aromatic carbocycles. The summed E-state index contributed by atoms with van der Waals surface area (Å²) in [6.45, 7) is 2.06.